The maximum Gasteiger partial charge on any atom is 0.272 e. The molecule has 0 aromatic rings. The molecule has 0 saturated carbocycles. The number of hydrogen-bond acceptors (Lipinski definition) is 3. The molecule has 0 N–H and O–H groups in total. The molecule has 4 heteroatoms. The third-order valence-electron chi connectivity index (χ3n) is 3.62. The summed E-state index contributed by atoms with van der Waals surface area (Å²) in [6, 6.07) is 1.23. The van der Waals surface area contributed by atoms with Crippen molar-refractivity contribution in [2.75, 3.05) is 14.2 Å². The van der Waals surface area contributed by atoms with E-state index in [0.29, 0.717) is 0 Å². The summed E-state index contributed by atoms with van der Waals surface area (Å²) in [5, 5.41) is 0. The van der Waals surface area contributed by atoms with Crippen molar-refractivity contribution in [2.24, 2.45) is 0 Å². The third-order valence-corrected chi connectivity index (χ3v) is 5.06. The highest BCUT2D eigenvalue weighted by molar-refractivity contribution is 6.27. The Morgan fingerprint density at radius 2 is 1.32 bits per heavy atom. The van der Waals surface area contributed by atoms with E-state index in [1.54, 1.807) is 14.2 Å². The van der Waals surface area contributed by atoms with Crippen molar-refractivity contribution in [3.05, 3.63) is 0 Å². The van der Waals surface area contributed by atoms with Gasteiger partial charge < -0.3 is 13.9 Å². The normalized spacial score (nSPS) is 12.6. The maximum absolute atomic E-state index is 5.83. The number of rotatable bonds is 14. The number of ether oxygens (including phenoxy) is 2. The van der Waals surface area contributed by atoms with Crippen LogP contribution in [0.15, 0.2) is 0 Å². The fourth-order valence-corrected chi connectivity index (χ4v) is 3.69. The first-order valence-electron chi connectivity index (χ1n) is 7.99. The van der Waals surface area contributed by atoms with Gasteiger partial charge in [0.15, 0.2) is 9.76 Å². The molecule has 19 heavy (non-hydrogen) atoms. The van der Waals surface area contributed by atoms with E-state index in [-0.39, 0.29) is 0 Å². The molecule has 0 aromatic heterocycles. The fraction of sp³-hybridized carbons (Fsp3) is 1.00. The molecule has 0 aliphatic heterocycles. The van der Waals surface area contributed by atoms with Crippen LogP contribution in [-0.4, -0.2) is 30.0 Å². The Labute approximate surface area is 122 Å². The summed E-state index contributed by atoms with van der Waals surface area (Å²) < 4.78 is 16.4. The van der Waals surface area contributed by atoms with Gasteiger partial charge in [0.25, 0.3) is 5.97 Å². The molecule has 0 bridgehead atoms. The molecule has 0 aliphatic rings. The van der Waals surface area contributed by atoms with Crippen molar-refractivity contribution < 1.29 is 13.9 Å². The largest absolute Gasteiger partial charge is 0.376 e. The van der Waals surface area contributed by atoms with E-state index in [9.17, 15) is 0 Å². The van der Waals surface area contributed by atoms with E-state index in [0.717, 1.165) is 6.42 Å². The maximum atomic E-state index is 5.83. The molecule has 3 nitrogen and oxygen atoms in total. The molecule has 0 aliphatic carbocycles. The van der Waals surface area contributed by atoms with Gasteiger partial charge in [-0.2, -0.15) is 0 Å². The van der Waals surface area contributed by atoms with Crippen molar-refractivity contribution in [1.29, 1.82) is 0 Å². The zero-order valence-corrected chi connectivity index (χ0v) is 14.9. The molecule has 0 spiro atoms. The lowest BCUT2D eigenvalue weighted by Crippen LogP contribution is -2.37. The SMILES string of the molecule is CCCCCCCCCC[SiH2]OC(CC)(OC)OC. The predicted octanol–water partition coefficient (Wildman–Crippen LogP) is 4.00. The van der Waals surface area contributed by atoms with E-state index in [1.165, 1.54) is 57.4 Å². The minimum atomic E-state index is -0.771. The molecular weight excluding hydrogens is 256 g/mol. The second-order valence-electron chi connectivity index (χ2n) is 5.12. The summed E-state index contributed by atoms with van der Waals surface area (Å²) in [4.78, 5) is 0. The van der Waals surface area contributed by atoms with Crippen molar-refractivity contribution in [2.45, 2.75) is 83.7 Å². The van der Waals surface area contributed by atoms with Gasteiger partial charge in [-0.25, -0.2) is 0 Å². The molecule has 0 radical (unpaired) electrons. The topological polar surface area (TPSA) is 27.7 Å². The highest BCUT2D eigenvalue weighted by atomic mass is 28.2. The molecule has 0 saturated heterocycles. The zero-order chi connectivity index (χ0) is 14.4. The van der Waals surface area contributed by atoms with Crippen LogP contribution in [0.2, 0.25) is 6.04 Å². The van der Waals surface area contributed by atoms with Crippen LogP contribution in [-0.2, 0) is 13.9 Å². The first-order chi connectivity index (χ1) is 9.24. The lowest BCUT2D eigenvalue weighted by Gasteiger charge is -2.29. The summed E-state index contributed by atoms with van der Waals surface area (Å²) in [5.41, 5.74) is 0. The summed E-state index contributed by atoms with van der Waals surface area (Å²) in [6.07, 6.45) is 11.7. The molecule has 116 valence electrons. The van der Waals surface area contributed by atoms with Gasteiger partial charge in [-0.1, -0.05) is 65.2 Å². The first kappa shape index (κ1) is 19.1. The van der Waals surface area contributed by atoms with E-state index in [1.807, 2.05) is 6.92 Å². The van der Waals surface area contributed by atoms with Crippen LogP contribution in [0.4, 0.5) is 0 Å². The highest BCUT2D eigenvalue weighted by Crippen LogP contribution is 2.18. The highest BCUT2D eigenvalue weighted by Gasteiger charge is 2.27. The van der Waals surface area contributed by atoms with Crippen LogP contribution in [0.5, 0.6) is 0 Å². The Morgan fingerprint density at radius 1 is 0.789 bits per heavy atom. The molecule has 0 amide bonds. The van der Waals surface area contributed by atoms with Gasteiger partial charge in [0.2, 0.25) is 0 Å². The van der Waals surface area contributed by atoms with Crippen LogP contribution in [0.3, 0.4) is 0 Å². The Morgan fingerprint density at radius 3 is 1.79 bits per heavy atom. The molecule has 0 heterocycles. The monoisotopic (exact) mass is 290 g/mol. The van der Waals surface area contributed by atoms with Gasteiger partial charge in [-0.05, 0) is 6.04 Å². The van der Waals surface area contributed by atoms with E-state index >= 15 is 0 Å². The molecular formula is C15H34O3Si. The molecule has 0 fully saturated rings. The second-order valence-corrected chi connectivity index (χ2v) is 6.53. The fourth-order valence-electron chi connectivity index (χ4n) is 2.23. The van der Waals surface area contributed by atoms with E-state index in [4.69, 9.17) is 13.9 Å². The molecule has 0 atom stereocenters. The molecule has 0 unspecified atom stereocenters. The van der Waals surface area contributed by atoms with Gasteiger partial charge >= 0.3 is 0 Å². The minimum absolute atomic E-state index is 0.523. The zero-order valence-electron chi connectivity index (χ0n) is 13.5. The Kier molecular flexibility index (Phi) is 13.2. The average Bonchev–Trinajstić information content (AvgIpc) is 2.46. The van der Waals surface area contributed by atoms with Crippen molar-refractivity contribution in [3.8, 4) is 0 Å². The Hall–Kier alpha value is 0.0969. The van der Waals surface area contributed by atoms with Crippen LogP contribution in [0.25, 0.3) is 0 Å². The lowest BCUT2D eigenvalue weighted by molar-refractivity contribution is -0.324. The van der Waals surface area contributed by atoms with Crippen LogP contribution in [0, 0.1) is 0 Å². The van der Waals surface area contributed by atoms with Crippen LogP contribution >= 0.6 is 0 Å². The van der Waals surface area contributed by atoms with Gasteiger partial charge in [0.05, 0.1) is 0 Å². The first-order valence-corrected chi connectivity index (χ1v) is 9.56. The summed E-state index contributed by atoms with van der Waals surface area (Å²) >= 11 is 0. The third kappa shape index (κ3) is 9.60. The number of unbranched alkanes of at least 4 members (excludes halogenated alkanes) is 7. The van der Waals surface area contributed by atoms with Gasteiger partial charge in [0.1, 0.15) is 0 Å². The van der Waals surface area contributed by atoms with Crippen molar-refractivity contribution in [3.63, 3.8) is 0 Å². The summed E-state index contributed by atoms with van der Waals surface area (Å²) in [7, 11) is 2.78. The quantitative estimate of drug-likeness (QED) is 0.275. The van der Waals surface area contributed by atoms with Gasteiger partial charge in [-0.3, -0.25) is 0 Å². The predicted molar refractivity (Wildman–Crippen MR) is 84.1 cm³/mol. The van der Waals surface area contributed by atoms with E-state index in [2.05, 4.69) is 6.92 Å². The number of methoxy groups -OCH3 is 2. The van der Waals surface area contributed by atoms with Crippen LogP contribution in [0.1, 0.15) is 71.6 Å². The minimum Gasteiger partial charge on any atom is -0.376 e. The van der Waals surface area contributed by atoms with Gasteiger partial charge in [0, 0.05) is 20.6 Å². The molecule has 0 aromatic carbocycles. The smallest absolute Gasteiger partial charge is 0.272 e. The number of hydrogen-bond donors (Lipinski definition) is 0. The average molecular weight is 291 g/mol. The standard InChI is InChI=1S/C15H34O3Si/c1-5-7-8-9-10-11-12-13-14-19-18-15(6-2,16-3)17-4/h5-14,19H2,1-4H3. The van der Waals surface area contributed by atoms with Crippen molar-refractivity contribution in [1.82, 2.24) is 0 Å². The Bertz CT molecular complexity index is 176. The van der Waals surface area contributed by atoms with Crippen LogP contribution < -0.4 is 0 Å². The lowest BCUT2D eigenvalue weighted by atomic mass is 10.1. The van der Waals surface area contributed by atoms with Gasteiger partial charge in [-0.15, -0.1) is 0 Å². The summed E-state index contributed by atoms with van der Waals surface area (Å²) in [5.74, 6) is -0.771. The van der Waals surface area contributed by atoms with E-state index < -0.39 is 15.7 Å². The molecule has 0 rings (SSSR count). The van der Waals surface area contributed by atoms with Crippen molar-refractivity contribution >= 4 is 9.76 Å². The Balaban J connectivity index is 3.35. The summed E-state index contributed by atoms with van der Waals surface area (Å²) in [6.45, 7) is 4.29. The second kappa shape index (κ2) is 13.1.